The molecular formula is C14H17NO2S. The Balaban J connectivity index is 1.49. The maximum absolute atomic E-state index is 12.0. The molecule has 1 N–H and O–H groups in total. The van der Waals surface area contributed by atoms with Gasteiger partial charge in [0.15, 0.2) is 0 Å². The number of hydrogen-bond acceptors (Lipinski definition) is 3. The van der Waals surface area contributed by atoms with Gasteiger partial charge in [0.2, 0.25) is 5.91 Å². The van der Waals surface area contributed by atoms with E-state index in [2.05, 4.69) is 23.7 Å². The third-order valence-electron chi connectivity index (χ3n) is 4.79. The third kappa shape index (κ3) is 1.42. The summed E-state index contributed by atoms with van der Waals surface area (Å²) in [6.45, 7) is 3.45. The molecule has 2 fully saturated rings. The van der Waals surface area contributed by atoms with Crippen molar-refractivity contribution < 1.29 is 9.53 Å². The highest BCUT2D eigenvalue weighted by Crippen LogP contribution is 2.75. The van der Waals surface area contributed by atoms with E-state index in [0.717, 1.165) is 25.9 Å². The molecule has 0 bridgehead atoms. The zero-order valence-corrected chi connectivity index (χ0v) is 11.3. The summed E-state index contributed by atoms with van der Waals surface area (Å²) in [5.41, 5.74) is 0.987. The number of fused-ring (bicyclic) bond motifs is 2. The predicted octanol–water partition coefficient (Wildman–Crippen LogP) is 2.06. The molecule has 0 aromatic carbocycles. The SMILES string of the molecule is CC1(CNC(=O)C23CC2C3)OCCc2sccc21. The van der Waals surface area contributed by atoms with Crippen LogP contribution in [0.25, 0.3) is 0 Å². The van der Waals surface area contributed by atoms with Crippen molar-refractivity contribution in [3.05, 3.63) is 21.9 Å². The Hall–Kier alpha value is -0.870. The van der Waals surface area contributed by atoms with Gasteiger partial charge >= 0.3 is 0 Å². The molecule has 3 aliphatic rings. The Bertz CT molecular complexity index is 518. The van der Waals surface area contributed by atoms with E-state index in [0.29, 0.717) is 12.5 Å². The van der Waals surface area contributed by atoms with Crippen molar-refractivity contribution in [1.29, 1.82) is 0 Å². The molecule has 3 nitrogen and oxygen atoms in total. The van der Waals surface area contributed by atoms with Gasteiger partial charge in [-0.2, -0.15) is 0 Å². The topological polar surface area (TPSA) is 38.3 Å². The van der Waals surface area contributed by atoms with Gasteiger partial charge in [0.05, 0.1) is 18.6 Å². The Kier molecular flexibility index (Phi) is 2.06. The van der Waals surface area contributed by atoms with Gasteiger partial charge in [-0.15, -0.1) is 11.3 Å². The molecule has 0 saturated heterocycles. The van der Waals surface area contributed by atoms with Crippen LogP contribution in [0.3, 0.4) is 0 Å². The summed E-state index contributed by atoms with van der Waals surface area (Å²) in [5.74, 6) is 0.953. The van der Waals surface area contributed by atoms with Crippen LogP contribution in [0.2, 0.25) is 0 Å². The fourth-order valence-corrected chi connectivity index (χ4v) is 4.08. The van der Waals surface area contributed by atoms with E-state index in [1.807, 2.05) is 0 Å². The van der Waals surface area contributed by atoms with Crippen molar-refractivity contribution in [2.45, 2.75) is 31.8 Å². The molecule has 1 amide bonds. The first-order chi connectivity index (χ1) is 8.64. The summed E-state index contributed by atoms with van der Waals surface area (Å²) in [4.78, 5) is 13.4. The second kappa shape index (κ2) is 3.36. The van der Waals surface area contributed by atoms with Crippen LogP contribution in [-0.4, -0.2) is 19.1 Å². The molecule has 96 valence electrons. The Morgan fingerprint density at radius 3 is 3.11 bits per heavy atom. The van der Waals surface area contributed by atoms with Gasteiger partial charge in [-0.05, 0) is 42.7 Å². The number of hydrogen-bond donors (Lipinski definition) is 1. The molecule has 0 spiro atoms. The first kappa shape index (κ1) is 11.0. The molecule has 4 rings (SSSR count). The van der Waals surface area contributed by atoms with E-state index in [4.69, 9.17) is 4.74 Å². The fraction of sp³-hybridized carbons (Fsp3) is 0.643. The smallest absolute Gasteiger partial charge is 0.226 e. The molecular weight excluding hydrogens is 246 g/mol. The molecule has 1 aromatic heterocycles. The maximum atomic E-state index is 12.0. The Morgan fingerprint density at radius 1 is 1.61 bits per heavy atom. The first-order valence-electron chi connectivity index (χ1n) is 6.63. The minimum absolute atomic E-state index is 0.0580. The zero-order valence-electron chi connectivity index (χ0n) is 10.5. The second-order valence-corrected chi connectivity index (χ2v) is 7.03. The number of carbonyl (C=O) groups is 1. The maximum Gasteiger partial charge on any atom is 0.226 e. The van der Waals surface area contributed by atoms with Crippen molar-refractivity contribution in [3.63, 3.8) is 0 Å². The van der Waals surface area contributed by atoms with Crippen molar-refractivity contribution >= 4 is 17.2 Å². The van der Waals surface area contributed by atoms with Crippen LogP contribution >= 0.6 is 11.3 Å². The van der Waals surface area contributed by atoms with E-state index in [9.17, 15) is 4.79 Å². The molecule has 0 radical (unpaired) electrons. The molecule has 1 aliphatic heterocycles. The summed E-state index contributed by atoms with van der Waals surface area (Å²) in [6, 6.07) is 2.14. The lowest BCUT2D eigenvalue weighted by molar-refractivity contribution is -0.126. The van der Waals surface area contributed by atoms with Crippen LogP contribution in [0.1, 0.15) is 30.2 Å². The minimum atomic E-state index is -0.334. The number of nitrogens with one attached hydrogen (secondary N) is 1. The average molecular weight is 263 g/mol. The van der Waals surface area contributed by atoms with Crippen molar-refractivity contribution in [2.24, 2.45) is 11.3 Å². The van der Waals surface area contributed by atoms with Gasteiger partial charge in [0.1, 0.15) is 5.60 Å². The van der Waals surface area contributed by atoms with E-state index in [1.165, 1.54) is 10.4 Å². The number of amides is 1. The van der Waals surface area contributed by atoms with Gasteiger partial charge in [-0.3, -0.25) is 4.79 Å². The highest BCUT2D eigenvalue weighted by molar-refractivity contribution is 7.10. The van der Waals surface area contributed by atoms with Crippen LogP contribution in [0.5, 0.6) is 0 Å². The number of thiophene rings is 1. The highest BCUT2D eigenvalue weighted by atomic mass is 32.1. The lowest BCUT2D eigenvalue weighted by Gasteiger charge is -2.34. The van der Waals surface area contributed by atoms with Crippen LogP contribution < -0.4 is 5.32 Å². The Labute approximate surface area is 111 Å². The standard InChI is InChI=1S/C14H17NO2S/c1-13(8-15-12(16)14-6-9(14)7-14)10-3-5-18-11(10)2-4-17-13/h3,5,9H,2,4,6-8H2,1H3,(H,15,16). The van der Waals surface area contributed by atoms with Gasteiger partial charge in [-0.25, -0.2) is 0 Å². The highest BCUT2D eigenvalue weighted by Gasteiger charge is 2.74. The lowest BCUT2D eigenvalue weighted by Crippen LogP contribution is -2.44. The van der Waals surface area contributed by atoms with Gasteiger partial charge in [0.25, 0.3) is 0 Å². The predicted molar refractivity (Wildman–Crippen MR) is 69.5 cm³/mol. The molecule has 4 heteroatoms. The van der Waals surface area contributed by atoms with Crippen LogP contribution in [0.15, 0.2) is 11.4 Å². The quantitative estimate of drug-likeness (QED) is 0.906. The Morgan fingerprint density at radius 2 is 2.39 bits per heavy atom. The molecule has 1 aromatic rings. The van der Waals surface area contributed by atoms with Gasteiger partial charge in [-0.1, -0.05) is 0 Å². The monoisotopic (exact) mass is 263 g/mol. The molecule has 1 atom stereocenters. The third-order valence-corrected chi connectivity index (χ3v) is 5.77. The largest absolute Gasteiger partial charge is 0.368 e. The minimum Gasteiger partial charge on any atom is -0.368 e. The summed E-state index contributed by atoms with van der Waals surface area (Å²) in [5, 5.41) is 5.23. The van der Waals surface area contributed by atoms with Crippen LogP contribution in [0.4, 0.5) is 0 Å². The summed E-state index contributed by atoms with van der Waals surface area (Å²) >= 11 is 1.80. The summed E-state index contributed by atoms with van der Waals surface area (Å²) < 4.78 is 5.94. The number of carbonyl (C=O) groups excluding carboxylic acids is 1. The summed E-state index contributed by atoms with van der Waals surface area (Å²) in [7, 11) is 0. The molecule has 2 aliphatic carbocycles. The molecule has 1 unspecified atom stereocenters. The van der Waals surface area contributed by atoms with E-state index in [1.54, 1.807) is 11.3 Å². The second-order valence-electron chi connectivity index (χ2n) is 6.03. The number of rotatable bonds is 3. The summed E-state index contributed by atoms with van der Waals surface area (Å²) in [6.07, 6.45) is 3.22. The van der Waals surface area contributed by atoms with E-state index >= 15 is 0 Å². The molecule has 2 saturated carbocycles. The molecule has 2 heterocycles. The average Bonchev–Trinajstić information content (AvgIpc) is 3.14. The van der Waals surface area contributed by atoms with E-state index < -0.39 is 0 Å². The van der Waals surface area contributed by atoms with Crippen LogP contribution in [0, 0.1) is 11.3 Å². The zero-order chi connectivity index (χ0) is 12.4. The normalized spacial score (nSPS) is 39.7. The van der Waals surface area contributed by atoms with Crippen molar-refractivity contribution in [3.8, 4) is 0 Å². The molecule has 18 heavy (non-hydrogen) atoms. The fourth-order valence-electron chi connectivity index (χ4n) is 3.10. The van der Waals surface area contributed by atoms with Crippen molar-refractivity contribution in [1.82, 2.24) is 5.32 Å². The van der Waals surface area contributed by atoms with Gasteiger partial charge in [0, 0.05) is 11.3 Å². The van der Waals surface area contributed by atoms with Gasteiger partial charge < -0.3 is 10.1 Å². The van der Waals surface area contributed by atoms with Crippen LogP contribution in [-0.2, 0) is 21.6 Å². The van der Waals surface area contributed by atoms with Crippen molar-refractivity contribution in [2.75, 3.05) is 13.2 Å². The first-order valence-corrected chi connectivity index (χ1v) is 7.51. The number of ether oxygens (including phenoxy) is 1. The van der Waals surface area contributed by atoms with E-state index in [-0.39, 0.29) is 16.9 Å². The lowest BCUT2D eigenvalue weighted by atomic mass is 9.93.